The minimum Gasteiger partial charge on any atom is -0.497 e. The van der Waals surface area contributed by atoms with Crippen molar-refractivity contribution in [2.24, 2.45) is 0 Å². The van der Waals surface area contributed by atoms with Crippen molar-refractivity contribution in [3.05, 3.63) is 99.6 Å². The molecule has 0 aliphatic heterocycles. The molecule has 0 heterocycles. The first kappa shape index (κ1) is 22.2. The average Bonchev–Trinajstić information content (AvgIpc) is 2.83. The van der Waals surface area contributed by atoms with Gasteiger partial charge in [-0.1, -0.05) is 12.1 Å². The van der Waals surface area contributed by atoms with Crippen LogP contribution in [0.5, 0.6) is 17.2 Å². The molecule has 162 valence electrons. The molecule has 0 fully saturated rings. The quantitative estimate of drug-likeness (QED) is 0.126. The van der Waals surface area contributed by atoms with E-state index in [1.165, 1.54) is 37.5 Å². The molecule has 0 aromatic heterocycles. The van der Waals surface area contributed by atoms with Gasteiger partial charge in [-0.25, -0.2) is 4.79 Å². The Morgan fingerprint density at radius 3 is 2.09 bits per heavy atom. The number of methoxy groups -OCH3 is 2. The second-order valence-corrected chi connectivity index (χ2v) is 6.53. The van der Waals surface area contributed by atoms with Crippen LogP contribution in [0.4, 0.5) is 5.69 Å². The van der Waals surface area contributed by atoms with Gasteiger partial charge in [0, 0.05) is 17.7 Å². The van der Waals surface area contributed by atoms with Crippen LogP contribution in [0.15, 0.2) is 72.8 Å². The largest absolute Gasteiger partial charge is 0.497 e. The van der Waals surface area contributed by atoms with Crippen molar-refractivity contribution >= 4 is 23.5 Å². The zero-order valence-corrected chi connectivity index (χ0v) is 17.3. The Labute approximate surface area is 183 Å². The number of carbonyl (C=O) groups is 2. The summed E-state index contributed by atoms with van der Waals surface area (Å²) in [7, 11) is 2.98. The molecule has 0 aliphatic rings. The fraction of sp³-hybridized carbons (Fsp3) is 0.0833. The first-order valence-corrected chi connectivity index (χ1v) is 9.42. The third kappa shape index (κ3) is 5.37. The van der Waals surface area contributed by atoms with E-state index in [4.69, 9.17) is 14.2 Å². The number of allylic oxidation sites excluding steroid dienone is 1. The van der Waals surface area contributed by atoms with E-state index in [0.717, 1.165) is 0 Å². The Kier molecular flexibility index (Phi) is 6.97. The highest BCUT2D eigenvalue weighted by Crippen LogP contribution is 2.29. The maximum Gasteiger partial charge on any atom is 0.343 e. The van der Waals surface area contributed by atoms with Crippen LogP contribution in [0.2, 0.25) is 0 Å². The number of benzene rings is 3. The zero-order valence-electron chi connectivity index (χ0n) is 17.3. The van der Waals surface area contributed by atoms with Crippen LogP contribution >= 0.6 is 0 Å². The van der Waals surface area contributed by atoms with Crippen molar-refractivity contribution in [3.63, 3.8) is 0 Å². The highest BCUT2D eigenvalue weighted by Gasteiger charge is 2.14. The summed E-state index contributed by atoms with van der Waals surface area (Å²) in [5, 5.41) is 10.7. The lowest BCUT2D eigenvalue weighted by Gasteiger charge is -2.10. The fourth-order valence-electron chi connectivity index (χ4n) is 2.77. The second kappa shape index (κ2) is 10.0. The third-order valence-corrected chi connectivity index (χ3v) is 4.51. The van der Waals surface area contributed by atoms with Crippen molar-refractivity contribution in [1.82, 2.24) is 0 Å². The normalized spacial score (nSPS) is 10.6. The number of hydrogen-bond acceptors (Lipinski definition) is 7. The summed E-state index contributed by atoms with van der Waals surface area (Å²) in [4.78, 5) is 34.9. The minimum atomic E-state index is -0.684. The Morgan fingerprint density at radius 1 is 0.844 bits per heavy atom. The summed E-state index contributed by atoms with van der Waals surface area (Å²) in [6.07, 6.45) is 3.05. The molecule has 3 rings (SSSR count). The van der Waals surface area contributed by atoms with Crippen molar-refractivity contribution in [2.75, 3.05) is 14.2 Å². The van der Waals surface area contributed by atoms with Crippen molar-refractivity contribution in [2.45, 2.75) is 0 Å². The fourth-order valence-corrected chi connectivity index (χ4v) is 2.77. The van der Waals surface area contributed by atoms with Gasteiger partial charge in [-0.15, -0.1) is 0 Å². The predicted octanol–water partition coefficient (Wildman–Crippen LogP) is 4.73. The van der Waals surface area contributed by atoms with Crippen LogP contribution in [-0.4, -0.2) is 30.9 Å². The number of ketones is 1. The highest BCUT2D eigenvalue weighted by atomic mass is 16.6. The van der Waals surface area contributed by atoms with Gasteiger partial charge in [0.25, 0.3) is 5.69 Å². The van der Waals surface area contributed by atoms with Crippen LogP contribution in [-0.2, 0) is 0 Å². The molecule has 0 aliphatic carbocycles. The van der Waals surface area contributed by atoms with Gasteiger partial charge in [0.2, 0.25) is 0 Å². The summed E-state index contributed by atoms with van der Waals surface area (Å²) in [5.74, 6) is 0.263. The molecule has 8 nitrogen and oxygen atoms in total. The van der Waals surface area contributed by atoms with Crippen molar-refractivity contribution < 1.29 is 28.7 Å². The number of nitro benzene ring substituents is 1. The third-order valence-electron chi connectivity index (χ3n) is 4.51. The molecule has 3 aromatic carbocycles. The first-order valence-electron chi connectivity index (χ1n) is 9.42. The molecule has 0 spiro atoms. The molecule has 0 bridgehead atoms. The van der Waals surface area contributed by atoms with E-state index in [1.807, 2.05) is 0 Å². The van der Waals surface area contributed by atoms with Crippen LogP contribution in [0, 0.1) is 10.1 Å². The molecule has 0 radical (unpaired) electrons. The van der Waals surface area contributed by atoms with Crippen molar-refractivity contribution in [1.29, 1.82) is 0 Å². The highest BCUT2D eigenvalue weighted by molar-refractivity contribution is 6.06. The van der Waals surface area contributed by atoms with Crippen LogP contribution < -0.4 is 14.2 Å². The summed E-state index contributed by atoms with van der Waals surface area (Å²) in [6.45, 7) is 0. The van der Waals surface area contributed by atoms with Gasteiger partial charge in [0.1, 0.15) is 5.75 Å². The number of non-ortho nitro benzene ring substituents is 1. The predicted molar refractivity (Wildman–Crippen MR) is 117 cm³/mol. The maximum absolute atomic E-state index is 12.4. The number of carbonyl (C=O) groups excluding carboxylic acids is 2. The summed E-state index contributed by atoms with van der Waals surface area (Å²) < 4.78 is 15.7. The Hall–Kier alpha value is -4.46. The van der Waals surface area contributed by atoms with E-state index in [9.17, 15) is 19.7 Å². The van der Waals surface area contributed by atoms with Crippen LogP contribution in [0.1, 0.15) is 26.3 Å². The van der Waals surface area contributed by atoms with Gasteiger partial charge in [0.05, 0.1) is 24.7 Å². The smallest absolute Gasteiger partial charge is 0.343 e. The minimum absolute atomic E-state index is 0.126. The summed E-state index contributed by atoms with van der Waals surface area (Å²) in [5.41, 5.74) is 1.22. The lowest BCUT2D eigenvalue weighted by molar-refractivity contribution is -0.384. The Bertz CT molecular complexity index is 1170. The molecular weight excluding hydrogens is 414 g/mol. The standard InChI is InChI=1S/C24H19NO7/c1-30-20-11-7-17(8-12-20)21(26)13-3-16-4-14-22(23(15-16)31-2)32-24(27)18-5-9-19(10-6-18)25(28)29/h3-15H,1-2H3/b13-3+. The molecule has 0 N–H and O–H groups in total. The Balaban J connectivity index is 1.72. The summed E-state index contributed by atoms with van der Waals surface area (Å²) in [6, 6.07) is 16.7. The summed E-state index contributed by atoms with van der Waals surface area (Å²) >= 11 is 0. The van der Waals surface area contributed by atoms with Gasteiger partial charge in [-0.2, -0.15) is 0 Å². The van der Waals surface area contributed by atoms with E-state index < -0.39 is 10.9 Å². The average molecular weight is 433 g/mol. The topological polar surface area (TPSA) is 105 Å². The number of rotatable bonds is 8. The molecule has 32 heavy (non-hydrogen) atoms. The SMILES string of the molecule is COc1ccc(C(=O)/C=C/c2ccc(OC(=O)c3ccc([N+](=O)[O-])cc3)c(OC)c2)cc1. The van der Waals surface area contributed by atoms with E-state index >= 15 is 0 Å². The van der Waals surface area contributed by atoms with Crippen LogP contribution in [0.3, 0.4) is 0 Å². The van der Waals surface area contributed by atoms with E-state index in [1.54, 1.807) is 55.7 Å². The molecule has 0 saturated carbocycles. The molecule has 0 atom stereocenters. The Morgan fingerprint density at radius 2 is 1.50 bits per heavy atom. The molecule has 0 saturated heterocycles. The van der Waals surface area contributed by atoms with Gasteiger partial charge in [-0.05, 0) is 60.2 Å². The molecular formula is C24H19NO7. The van der Waals surface area contributed by atoms with E-state index in [-0.39, 0.29) is 22.8 Å². The number of nitrogens with zero attached hydrogens (tertiary/aromatic N) is 1. The lowest BCUT2D eigenvalue weighted by Crippen LogP contribution is -2.09. The molecule has 8 heteroatoms. The number of hydrogen-bond donors (Lipinski definition) is 0. The van der Waals surface area contributed by atoms with Crippen molar-refractivity contribution in [3.8, 4) is 17.2 Å². The van der Waals surface area contributed by atoms with E-state index in [2.05, 4.69) is 0 Å². The number of esters is 1. The monoisotopic (exact) mass is 433 g/mol. The molecule has 3 aromatic rings. The number of nitro groups is 1. The van der Waals surface area contributed by atoms with Gasteiger partial charge in [-0.3, -0.25) is 14.9 Å². The number of ether oxygens (including phenoxy) is 3. The zero-order chi connectivity index (χ0) is 23.1. The first-order chi connectivity index (χ1) is 15.4. The van der Waals surface area contributed by atoms with Gasteiger partial charge in [0.15, 0.2) is 17.3 Å². The van der Waals surface area contributed by atoms with Gasteiger partial charge >= 0.3 is 5.97 Å². The second-order valence-electron chi connectivity index (χ2n) is 6.53. The maximum atomic E-state index is 12.4. The van der Waals surface area contributed by atoms with Gasteiger partial charge < -0.3 is 14.2 Å². The molecule has 0 unspecified atom stereocenters. The van der Waals surface area contributed by atoms with E-state index in [0.29, 0.717) is 22.6 Å². The molecule has 0 amide bonds. The van der Waals surface area contributed by atoms with Crippen LogP contribution in [0.25, 0.3) is 6.08 Å². The lowest BCUT2D eigenvalue weighted by atomic mass is 10.1.